The average molecular weight is 277 g/mol. The van der Waals surface area contributed by atoms with Crippen molar-refractivity contribution in [1.29, 1.82) is 0 Å². The first-order valence-electron chi connectivity index (χ1n) is 6.30. The summed E-state index contributed by atoms with van der Waals surface area (Å²) in [5.74, 6) is 0.698. The predicted octanol–water partition coefficient (Wildman–Crippen LogP) is 2.80. The monoisotopic (exact) mass is 277 g/mol. The Hall–Kier alpha value is -1.59. The van der Waals surface area contributed by atoms with Crippen molar-refractivity contribution >= 4 is 17.0 Å². The zero-order valence-corrected chi connectivity index (χ0v) is 12.0. The molecule has 0 atom stereocenters. The van der Waals surface area contributed by atoms with Crippen LogP contribution >= 0.6 is 11.3 Å². The van der Waals surface area contributed by atoms with E-state index in [4.69, 9.17) is 10.5 Å². The zero-order valence-electron chi connectivity index (χ0n) is 11.2. The normalized spacial score (nSPS) is 10.9. The number of thiophene rings is 1. The lowest BCUT2D eigenvalue weighted by Gasteiger charge is -2.13. The molecule has 2 aromatic heterocycles. The third kappa shape index (κ3) is 3.94. The van der Waals surface area contributed by atoms with E-state index in [0.717, 1.165) is 22.7 Å². The Kier molecular flexibility index (Phi) is 4.76. The van der Waals surface area contributed by atoms with Gasteiger partial charge < -0.3 is 15.8 Å². The summed E-state index contributed by atoms with van der Waals surface area (Å²) in [5, 5.41) is 5.37. The molecule has 0 spiro atoms. The van der Waals surface area contributed by atoms with E-state index in [2.05, 4.69) is 10.3 Å². The summed E-state index contributed by atoms with van der Waals surface area (Å²) in [6.45, 7) is 5.48. The Bertz CT molecular complexity index is 525. The molecule has 0 radical (unpaired) electrons. The average Bonchev–Trinajstić information content (AvgIpc) is 2.77. The molecule has 0 unspecified atom stereocenters. The minimum absolute atomic E-state index is 0.126. The van der Waals surface area contributed by atoms with Crippen LogP contribution in [0.3, 0.4) is 0 Å². The van der Waals surface area contributed by atoms with Crippen LogP contribution in [0.2, 0.25) is 0 Å². The fourth-order valence-corrected chi connectivity index (χ4v) is 2.46. The molecule has 0 saturated heterocycles. The number of rotatable bonds is 6. The Labute approximate surface area is 117 Å². The molecule has 0 saturated carbocycles. The van der Waals surface area contributed by atoms with E-state index in [0.29, 0.717) is 12.4 Å². The lowest BCUT2D eigenvalue weighted by Crippen LogP contribution is -2.15. The number of nitrogens with zero attached hydrogens (tertiary/aromatic N) is 1. The fourth-order valence-electron chi connectivity index (χ4n) is 1.69. The summed E-state index contributed by atoms with van der Waals surface area (Å²) in [6.07, 6.45) is 1.87. The van der Waals surface area contributed by atoms with Crippen molar-refractivity contribution in [1.82, 2.24) is 10.3 Å². The lowest BCUT2D eigenvalue weighted by molar-refractivity contribution is 0.229. The highest BCUT2D eigenvalue weighted by Gasteiger charge is 2.07. The topological polar surface area (TPSA) is 60.2 Å². The molecule has 0 aliphatic heterocycles. The molecule has 3 N–H and O–H groups in total. The quantitative estimate of drug-likeness (QED) is 0.852. The Morgan fingerprint density at radius 1 is 1.37 bits per heavy atom. The molecule has 0 amide bonds. The van der Waals surface area contributed by atoms with Gasteiger partial charge >= 0.3 is 0 Å². The maximum absolute atomic E-state index is 5.85. The molecule has 2 heterocycles. The van der Waals surface area contributed by atoms with Crippen molar-refractivity contribution in [2.45, 2.75) is 33.0 Å². The van der Waals surface area contributed by atoms with Crippen LogP contribution < -0.4 is 15.8 Å². The first-order valence-corrected chi connectivity index (χ1v) is 7.18. The predicted molar refractivity (Wildman–Crippen MR) is 79.3 cm³/mol. The molecule has 0 aliphatic rings. The summed E-state index contributed by atoms with van der Waals surface area (Å²) < 4.78 is 5.68. The van der Waals surface area contributed by atoms with Crippen molar-refractivity contribution in [3.8, 4) is 5.88 Å². The van der Waals surface area contributed by atoms with Gasteiger partial charge in [0.15, 0.2) is 0 Å². The van der Waals surface area contributed by atoms with Crippen LogP contribution in [-0.4, -0.2) is 11.1 Å². The van der Waals surface area contributed by atoms with Crippen LogP contribution in [0.4, 0.5) is 5.69 Å². The summed E-state index contributed by atoms with van der Waals surface area (Å²) in [7, 11) is 0. The number of ether oxygens (including phenoxy) is 1. The molecule has 0 aromatic carbocycles. The van der Waals surface area contributed by atoms with Gasteiger partial charge in [0.2, 0.25) is 5.88 Å². The van der Waals surface area contributed by atoms with Gasteiger partial charge in [-0.05, 0) is 31.4 Å². The molecular formula is C14H19N3OS. The Balaban J connectivity index is 1.94. The van der Waals surface area contributed by atoms with E-state index in [9.17, 15) is 0 Å². The number of aromatic nitrogens is 1. The van der Waals surface area contributed by atoms with Crippen molar-refractivity contribution in [3.63, 3.8) is 0 Å². The summed E-state index contributed by atoms with van der Waals surface area (Å²) in [5.41, 5.74) is 7.76. The highest BCUT2D eigenvalue weighted by Crippen LogP contribution is 2.19. The second-order valence-corrected chi connectivity index (χ2v) is 5.54. The van der Waals surface area contributed by atoms with Gasteiger partial charge in [0.25, 0.3) is 0 Å². The maximum atomic E-state index is 5.85. The molecule has 102 valence electrons. The first-order chi connectivity index (χ1) is 9.16. The van der Waals surface area contributed by atoms with Gasteiger partial charge in [-0.25, -0.2) is 4.98 Å². The van der Waals surface area contributed by atoms with Crippen LogP contribution in [0.25, 0.3) is 0 Å². The minimum atomic E-state index is 0.126. The SMILES string of the molecule is CC(C)Oc1ncccc1CNCc1sccc1N. The molecule has 5 heteroatoms. The van der Waals surface area contributed by atoms with Crippen LogP contribution in [0.15, 0.2) is 29.8 Å². The smallest absolute Gasteiger partial charge is 0.218 e. The number of anilines is 1. The molecule has 0 aliphatic carbocycles. The van der Waals surface area contributed by atoms with Gasteiger partial charge in [0.1, 0.15) is 0 Å². The highest BCUT2D eigenvalue weighted by atomic mass is 32.1. The van der Waals surface area contributed by atoms with Gasteiger partial charge in [0.05, 0.1) is 6.10 Å². The van der Waals surface area contributed by atoms with Crippen molar-refractivity contribution in [2.75, 3.05) is 5.73 Å². The van der Waals surface area contributed by atoms with Crippen LogP contribution in [0, 0.1) is 0 Å². The zero-order chi connectivity index (χ0) is 13.7. The van der Waals surface area contributed by atoms with Gasteiger partial charge in [-0.2, -0.15) is 0 Å². The third-order valence-electron chi connectivity index (χ3n) is 2.58. The van der Waals surface area contributed by atoms with E-state index in [-0.39, 0.29) is 6.10 Å². The number of hydrogen-bond acceptors (Lipinski definition) is 5. The standard InChI is InChI=1S/C14H19N3OS/c1-10(2)18-14-11(4-3-6-17-14)8-16-9-13-12(15)5-7-19-13/h3-7,10,16H,8-9,15H2,1-2H3. The highest BCUT2D eigenvalue weighted by molar-refractivity contribution is 7.10. The largest absolute Gasteiger partial charge is 0.475 e. The van der Waals surface area contributed by atoms with E-state index in [1.165, 1.54) is 0 Å². The van der Waals surface area contributed by atoms with Gasteiger partial charge in [-0.1, -0.05) is 6.07 Å². The summed E-state index contributed by atoms with van der Waals surface area (Å²) >= 11 is 1.67. The number of nitrogens with two attached hydrogens (primary N) is 1. The minimum Gasteiger partial charge on any atom is -0.475 e. The number of pyridine rings is 1. The number of nitrogens with one attached hydrogen (secondary N) is 1. The molecule has 19 heavy (non-hydrogen) atoms. The summed E-state index contributed by atoms with van der Waals surface area (Å²) in [6, 6.07) is 5.87. The number of hydrogen-bond donors (Lipinski definition) is 2. The van der Waals surface area contributed by atoms with Gasteiger partial charge in [0, 0.05) is 35.4 Å². The second-order valence-electron chi connectivity index (χ2n) is 4.54. The molecular weight excluding hydrogens is 258 g/mol. The van der Waals surface area contributed by atoms with E-state index < -0.39 is 0 Å². The second kappa shape index (κ2) is 6.54. The molecule has 2 aromatic rings. The molecule has 4 nitrogen and oxygen atoms in total. The van der Waals surface area contributed by atoms with Crippen molar-refractivity contribution < 1.29 is 4.74 Å². The van der Waals surface area contributed by atoms with Crippen molar-refractivity contribution in [3.05, 3.63) is 40.2 Å². The van der Waals surface area contributed by atoms with Crippen LogP contribution in [0.1, 0.15) is 24.3 Å². The fraction of sp³-hybridized carbons (Fsp3) is 0.357. The third-order valence-corrected chi connectivity index (χ3v) is 3.51. The number of nitrogen functional groups attached to an aromatic ring is 1. The summed E-state index contributed by atoms with van der Waals surface area (Å²) in [4.78, 5) is 5.43. The molecule has 0 bridgehead atoms. The van der Waals surface area contributed by atoms with E-state index >= 15 is 0 Å². The first kappa shape index (κ1) is 13.8. The lowest BCUT2D eigenvalue weighted by atomic mass is 10.2. The van der Waals surface area contributed by atoms with E-state index in [1.54, 1.807) is 17.5 Å². The Morgan fingerprint density at radius 2 is 2.21 bits per heavy atom. The van der Waals surface area contributed by atoms with Gasteiger partial charge in [-0.3, -0.25) is 0 Å². The van der Waals surface area contributed by atoms with E-state index in [1.807, 2.05) is 37.4 Å². The maximum Gasteiger partial charge on any atom is 0.218 e. The molecule has 0 fully saturated rings. The van der Waals surface area contributed by atoms with Crippen LogP contribution in [0.5, 0.6) is 5.88 Å². The molecule has 2 rings (SSSR count). The van der Waals surface area contributed by atoms with Gasteiger partial charge in [-0.15, -0.1) is 11.3 Å². The Morgan fingerprint density at radius 3 is 2.89 bits per heavy atom. The van der Waals surface area contributed by atoms with Crippen molar-refractivity contribution in [2.24, 2.45) is 0 Å². The van der Waals surface area contributed by atoms with Crippen LogP contribution in [-0.2, 0) is 13.1 Å².